The van der Waals surface area contributed by atoms with Crippen molar-refractivity contribution in [1.82, 2.24) is 9.21 Å². The summed E-state index contributed by atoms with van der Waals surface area (Å²) in [4.78, 5) is 1.48. The lowest BCUT2D eigenvalue weighted by atomic mass is 10.2. The molecule has 12 heteroatoms. The third kappa shape index (κ3) is 6.05. The smallest absolute Gasteiger partial charge is 0.301 e. The number of nitrogens with zero attached hydrogens (tertiary/aromatic N) is 2. The molecule has 6 nitrogen and oxygen atoms in total. The third-order valence-corrected chi connectivity index (χ3v) is 7.46. The number of rotatable bonds is 6. The molecule has 0 atom stereocenters. The van der Waals surface area contributed by atoms with Gasteiger partial charge in [0.1, 0.15) is 9.84 Å². The van der Waals surface area contributed by atoms with Crippen LogP contribution in [0.2, 0.25) is 5.02 Å². The molecule has 0 amide bonds. The van der Waals surface area contributed by atoms with Crippen molar-refractivity contribution in [2.24, 2.45) is 0 Å². The molecule has 0 spiro atoms. The van der Waals surface area contributed by atoms with Gasteiger partial charge in [-0.2, -0.15) is 17.5 Å². The number of benzene rings is 1. The molecule has 1 aliphatic rings. The molecule has 1 fully saturated rings. The molecule has 1 aliphatic heterocycles. The van der Waals surface area contributed by atoms with Crippen LogP contribution in [0.1, 0.15) is 12.0 Å². The Labute approximate surface area is 161 Å². The molecule has 1 saturated heterocycles. The molecule has 0 radical (unpaired) electrons. The molecular weight excluding hydrogens is 429 g/mol. The molecule has 0 saturated carbocycles. The molecule has 0 bridgehead atoms. The van der Waals surface area contributed by atoms with E-state index in [1.54, 1.807) is 0 Å². The van der Waals surface area contributed by atoms with Crippen LogP contribution in [0.5, 0.6) is 0 Å². The highest BCUT2D eigenvalue weighted by Gasteiger charge is 2.36. The Bertz CT molecular complexity index is 881. The lowest BCUT2D eigenvalue weighted by Gasteiger charge is -2.34. The Balaban J connectivity index is 2.05. The normalized spacial score (nSPS) is 18.0. The average molecular weight is 449 g/mol. The second kappa shape index (κ2) is 8.24. The number of piperazine rings is 1. The van der Waals surface area contributed by atoms with E-state index in [1.807, 2.05) is 4.90 Å². The maximum Gasteiger partial charge on any atom is 0.417 e. The van der Waals surface area contributed by atoms with E-state index >= 15 is 0 Å². The summed E-state index contributed by atoms with van der Waals surface area (Å²) in [6.45, 7) is 1.50. The van der Waals surface area contributed by atoms with Gasteiger partial charge in [0, 0.05) is 32.4 Å². The van der Waals surface area contributed by atoms with Gasteiger partial charge in [0.25, 0.3) is 0 Å². The zero-order valence-corrected chi connectivity index (χ0v) is 16.9. The third-order valence-electron chi connectivity index (χ3n) is 4.20. The van der Waals surface area contributed by atoms with E-state index in [-0.39, 0.29) is 18.8 Å². The first-order chi connectivity index (χ1) is 12.3. The first-order valence-electron chi connectivity index (χ1n) is 8.08. The first-order valence-corrected chi connectivity index (χ1v) is 12.0. The predicted molar refractivity (Wildman–Crippen MR) is 96.0 cm³/mol. The van der Waals surface area contributed by atoms with Crippen LogP contribution >= 0.6 is 11.6 Å². The van der Waals surface area contributed by atoms with E-state index in [0.29, 0.717) is 32.1 Å². The second-order valence-corrected chi connectivity index (χ2v) is 11.0. The molecule has 0 aliphatic carbocycles. The number of sulfone groups is 1. The zero-order valence-electron chi connectivity index (χ0n) is 14.5. The van der Waals surface area contributed by atoms with Gasteiger partial charge < -0.3 is 4.90 Å². The van der Waals surface area contributed by atoms with Gasteiger partial charge in [0.05, 0.1) is 21.2 Å². The van der Waals surface area contributed by atoms with Crippen LogP contribution in [-0.2, 0) is 26.0 Å². The first kappa shape index (κ1) is 22.4. The second-order valence-electron chi connectivity index (χ2n) is 6.37. The lowest BCUT2D eigenvalue weighted by Crippen LogP contribution is -2.48. The molecule has 1 aromatic rings. The van der Waals surface area contributed by atoms with Crippen molar-refractivity contribution in [2.45, 2.75) is 17.5 Å². The fourth-order valence-corrected chi connectivity index (χ4v) is 5.10. The van der Waals surface area contributed by atoms with Crippen molar-refractivity contribution in [1.29, 1.82) is 0 Å². The van der Waals surface area contributed by atoms with Crippen molar-refractivity contribution in [2.75, 3.05) is 44.7 Å². The van der Waals surface area contributed by atoms with Crippen LogP contribution in [0, 0.1) is 0 Å². The van der Waals surface area contributed by atoms with Crippen LogP contribution in [0.4, 0.5) is 13.2 Å². The summed E-state index contributed by atoms with van der Waals surface area (Å²) in [5.41, 5.74) is -1.19. The summed E-state index contributed by atoms with van der Waals surface area (Å²) in [6.07, 6.45) is -3.16. The molecule has 1 aromatic carbocycles. The van der Waals surface area contributed by atoms with E-state index in [1.165, 1.54) is 0 Å². The molecule has 0 N–H and O–H groups in total. The van der Waals surface area contributed by atoms with Crippen LogP contribution in [-0.4, -0.2) is 70.8 Å². The summed E-state index contributed by atoms with van der Waals surface area (Å²) >= 11 is 5.54. The Hall–Kier alpha value is -0.880. The van der Waals surface area contributed by atoms with E-state index < -0.39 is 41.5 Å². The molecule has 2 rings (SSSR count). The Kier molecular flexibility index (Phi) is 6.84. The highest BCUT2D eigenvalue weighted by Crippen LogP contribution is 2.36. The minimum Gasteiger partial charge on any atom is -0.301 e. The van der Waals surface area contributed by atoms with Gasteiger partial charge in [0.15, 0.2) is 0 Å². The number of hydrogen-bond acceptors (Lipinski definition) is 5. The molecule has 0 unspecified atom stereocenters. The van der Waals surface area contributed by atoms with Gasteiger partial charge >= 0.3 is 6.18 Å². The SMILES string of the molecule is CS(=O)(=O)CCCN1CCN(S(=O)(=O)c2ccc(Cl)c(C(F)(F)F)c2)CC1. The minimum absolute atomic E-state index is 0.0521. The average Bonchev–Trinajstić information content (AvgIpc) is 2.53. The van der Waals surface area contributed by atoms with Gasteiger partial charge in [-0.3, -0.25) is 0 Å². The minimum atomic E-state index is -4.75. The van der Waals surface area contributed by atoms with Crippen LogP contribution in [0.25, 0.3) is 0 Å². The number of sulfonamides is 1. The molecular formula is C15H20ClF3N2O4S2. The van der Waals surface area contributed by atoms with Gasteiger partial charge in [-0.1, -0.05) is 11.6 Å². The van der Waals surface area contributed by atoms with Gasteiger partial charge in [-0.05, 0) is 31.2 Å². The van der Waals surface area contributed by atoms with Crippen molar-refractivity contribution in [3.63, 3.8) is 0 Å². The van der Waals surface area contributed by atoms with Crippen LogP contribution in [0.3, 0.4) is 0 Å². The topological polar surface area (TPSA) is 74.8 Å². The van der Waals surface area contributed by atoms with Crippen molar-refractivity contribution in [3.05, 3.63) is 28.8 Å². The summed E-state index contributed by atoms with van der Waals surface area (Å²) in [5, 5.41) is -0.558. The molecule has 0 aromatic heterocycles. The Morgan fingerprint density at radius 2 is 1.67 bits per heavy atom. The number of halogens is 4. The quantitative estimate of drug-likeness (QED) is 0.666. The standard InChI is InChI=1S/C15H20ClF3N2O4S2/c1-26(22,23)10-2-5-20-6-8-21(9-7-20)27(24,25)12-3-4-14(16)13(11-12)15(17,18)19/h3-4,11H,2,5-10H2,1H3. The van der Waals surface area contributed by atoms with Gasteiger partial charge in [-0.25, -0.2) is 16.8 Å². The highest BCUT2D eigenvalue weighted by molar-refractivity contribution is 7.90. The monoisotopic (exact) mass is 448 g/mol. The van der Waals surface area contributed by atoms with Gasteiger partial charge in [-0.15, -0.1) is 0 Å². The predicted octanol–water partition coefficient (Wildman–Crippen LogP) is 2.10. The Morgan fingerprint density at radius 1 is 1.07 bits per heavy atom. The lowest BCUT2D eigenvalue weighted by molar-refractivity contribution is -0.137. The fourth-order valence-electron chi connectivity index (χ4n) is 2.77. The van der Waals surface area contributed by atoms with Gasteiger partial charge in [0.2, 0.25) is 10.0 Å². The maximum atomic E-state index is 13.0. The van der Waals surface area contributed by atoms with Crippen molar-refractivity contribution < 1.29 is 30.0 Å². The number of alkyl halides is 3. The summed E-state index contributed by atoms with van der Waals surface area (Å²) in [5.74, 6) is 0.0521. The van der Waals surface area contributed by atoms with E-state index in [4.69, 9.17) is 11.6 Å². The highest BCUT2D eigenvalue weighted by atomic mass is 35.5. The molecule has 1 heterocycles. The Morgan fingerprint density at radius 3 is 2.19 bits per heavy atom. The van der Waals surface area contributed by atoms with Crippen molar-refractivity contribution in [3.8, 4) is 0 Å². The molecule has 27 heavy (non-hydrogen) atoms. The zero-order chi connectivity index (χ0) is 20.5. The summed E-state index contributed by atoms with van der Waals surface area (Å²) in [6, 6.07) is 2.54. The fraction of sp³-hybridized carbons (Fsp3) is 0.600. The summed E-state index contributed by atoms with van der Waals surface area (Å²) in [7, 11) is -7.13. The van der Waals surface area contributed by atoms with E-state index in [0.717, 1.165) is 22.7 Å². The molecule has 154 valence electrons. The largest absolute Gasteiger partial charge is 0.417 e. The van der Waals surface area contributed by atoms with Crippen LogP contribution in [0.15, 0.2) is 23.1 Å². The summed E-state index contributed by atoms with van der Waals surface area (Å²) < 4.78 is 87.6. The number of hydrogen-bond donors (Lipinski definition) is 0. The van der Waals surface area contributed by atoms with Crippen molar-refractivity contribution >= 4 is 31.5 Å². The van der Waals surface area contributed by atoms with Crippen LogP contribution < -0.4 is 0 Å². The van der Waals surface area contributed by atoms with E-state index in [2.05, 4.69) is 0 Å². The van der Waals surface area contributed by atoms with E-state index in [9.17, 15) is 30.0 Å². The maximum absolute atomic E-state index is 13.0.